The van der Waals surface area contributed by atoms with Gasteiger partial charge in [-0.05, 0) is 29.1 Å². The van der Waals surface area contributed by atoms with Crippen molar-refractivity contribution in [3.8, 4) is 0 Å². The summed E-state index contributed by atoms with van der Waals surface area (Å²) < 4.78 is 24.8. The fraction of sp³-hybridized carbons (Fsp3) is 0.316. The van der Waals surface area contributed by atoms with Gasteiger partial charge in [-0.15, -0.1) is 45.5 Å². The van der Waals surface area contributed by atoms with Crippen LogP contribution in [0.5, 0.6) is 0 Å². The molecule has 3 rings (SSSR count). The van der Waals surface area contributed by atoms with Gasteiger partial charge < -0.3 is 15.2 Å². The zero-order valence-electron chi connectivity index (χ0n) is 17.1. The Kier molecular flexibility index (Phi) is 9.87. The summed E-state index contributed by atoms with van der Waals surface area (Å²) in [6.07, 6.45) is 2.55. The van der Waals surface area contributed by atoms with E-state index < -0.39 is 10.0 Å². The van der Waals surface area contributed by atoms with E-state index in [1.807, 2.05) is 22.9 Å². The second-order valence-corrected chi connectivity index (χ2v) is 9.10. The van der Waals surface area contributed by atoms with Crippen molar-refractivity contribution in [3.05, 3.63) is 64.4 Å². The van der Waals surface area contributed by atoms with Crippen LogP contribution in [0.15, 0.2) is 58.0 Å². The van der Waals surface area contributed by atoms with Gasteiger partial charge in [-0.2, -0.15) is 0 Å². The van der Waals surface area contributed by atoms with Crippen LogP contribution in [0.3, 0.4) is 0 Å². The van der Waals surface area contributed by atoms with E-state index >= 15 is 0 Å². The summed E-state index contributed by atoms with van der Waals surface area (Å²) in [6, 6.07) is 10.5. The van der Waals surface area contributed by atoms with Gasteiger partial charge in [0.05, 0.1) is 18.0 Å². The number of hydrogen-bond donors (Lipinski definition) is 3. The normalized spacial score (nSPS) is 11.7. The fourth-order valence-electron chi connectivity index (χ4n) is 2.75. The molecular weight excluding hydrogens is 549 g/mol. The van der Waals surface area contributed by atoms with E-state index in [0.29, 0.717) is 25.6 Å². The average molecular weight is 576 g/mol. The molecule has 12 heteroatoms. The molecule has 9 nitrogen and oxygen atoms in total. The number of aliphatic imine (C=N–C) groups is 1. The maximum absolute atomic E-state index is 11.4. The fourth-order valence-corrected chi connectivity index (χ4v) is 3.91. The van der Waals surface area contributed by atoms with E-state index in [0.717, 1.165) is 24.4 Å². The number of hydrogen-bond acceptors (Lipinski definition) is 6. The maximum Gasteiger partial charge on any atom is 0.238 e. The second-order valence-electron chi connectivity index (χ2n) is 6.51. The molecule has 0 aliphatic carbocycles. The number of sulfonamides is 1. The lowest BCUT2D eigenvalue weighted by molar-refractivity contribution is 0.598. The largest absolute Gasteiger partial charge is 0.355 e. The standard InChI is InChI=1S/C19H25N7O2S2.HI/c1-2-18-25-24-14-26(18)10-9-21-19(23-13-16-4-3-11-29-16)22-12-15-5-7-17(8-6-15)30(20,27)28;/h3-8,11,14H,2,9-10,12-13H2,1H3,(H2,20,27,28)(H2,21,22,23);1H. The Hall–Kier alpha value is -2.03. The molecule has 4 N–H and O–H groups in total. The van der Waals surface area contributed by atoms with E-state index in [-0.39, 0.29) is 28.9 Å². The minimum atomic E-state index is -3.70. The van der Waals surface area contributed by atoms with Gasteiger partial charge in [0.15, 0.2) is 5.96 Å². The van der Waals surface area contributed by atoms with Crippen molar-refractivity contribution in [2.75, 3.05) is 6.54 Å². The monoisotopic (exact) mass is 575 g/mol. The summed E-state index contributed by atoms with van der Waals surface area (Å²) in [5.74, 6) is 1.61. The number of primary sulfonamides is 1. The van der Waals surface area contributed by atoms with Crippen LogP contribution in [-0.2, 0) is 36.1 Å². The van der Waals surface area contributed by atoms with Gasteiger partial charge in [0.25, 0.3) is 0 Å². The highest BCUT2D eigenvalue weighted by Crippen LogP contribution is 2.10. The molecular formula is C19H26IN7O2S2. The molecule has 31 heavy (non-hydrogen) atoms. The maximum atomic E-state index is 11.4. The SMILES string of the molecule is CCc1nncn1CCNC(=NCc1ccc(S(N)(=O)=O)cc1)NCc1cccs1.I. The number of aryl methyl sites for hydroxylation is 1. The highest BCUT2D eigenvalue weighted by atomic mass is 127. The third-order valence-corrected chi connectivity index (χ3v) is 6.14. The Balaban J connectivity index is 0.00000341. The Bertz CT molecular complexity index is 1070. The number of aromatic nitrogens is 3. The highest BCUT2D eigenvalue weighted by molar-refractivity contribution is 14.0. The average Bonchev–Trinajstić information content (AvgIpc) is 3.41. The quantitative estimate of drug-likeness (QED) is 0.204. The zero-order chi connectivity index (χ0) is 21.4. The van der Waals surface area contributed by atoms with Crippen LogP contribution in [-0.4, -0.2) is 35.7 Å². The van der Waals surface area contributed by atoms with Crippen LogP contribution in [0.2, 0.25) is 0 Å². The molecule has 0 fully saturated rings. The third kappa shape index (κ3) is 7.87. The third-order valence-electron chi connectivity index (χ3n) is 4.34. The number of nitrogens with one attached hydrogen (secondary N) is 2. The lowest BCUT2D eigenvalue weighted by Gasteiger charge is -2.13. The molecule has 0 radical (unpaired) electrons. The van der Waals surface area contributed by atoms with Gasteiger partial charge >= 0.3 is 0 Å². The molecule has 0 saturated carbocycles. The molecule has 0 amide bonds. The van der Waals surface area contributed by atoms with Crippen LogP contribution in [0, 0.1) is 0 Å². The summed E-state index contributed by atoms with van der Waals surface area (Å²) in [7, 11) is -3.70. The minimum Gasteiger partial charge on any atom is -0.355 e. The molecule has 0 bridgehead atoms. The van der Waals surface area contributed by atoms with E-state index in [4.69, 9.17) is 5.14 Å². The van der Waals surface area contributed by atoms with Gasteiger partial charge in [0.1, 0.15) is 12.2 Å². The van der Waals surface area contributed by atoms with Gasteiger partial charge in [-0.25, -0.2) is 18.5 Å². The number of halogens is 1. The predicted octanol–water partition coefficient (Wildman–Crippen LogP) is 2.10. The van der Waals surface area contributed by atoms with Crippen LogP contribution in [0.1, 0.15) is 23.2 Å². The first kappa shape index (κ1) is 25.2. The Morgan fingerprint density at radius 2 is 2.00 bits per heavy atom. The topological polar surface area (TPSA) is 127 Å². The molecule has 1 aromatic carbocycles. The molecule has 0 spiro atoms. The smallest absolute Gasteiger partial charge is 0.238 e. The lowest BCUT2D eigenvalue weighted by atomic mass is 10.2. The van der Waals surface area contributed by atoms with Gasteiger partial charge in [0.2, 0.25) is 10.0 Å². The second kappa shape index (κ2) is 12.1. The van der Waals surface area contributed by atoms with E-state index in [1.165, 1.54) is 17.0 Å². The molecule has 0 aliphatic heterocycles. The number of benzene rings is 1. The lowest BCUT2D eigenvalue weighted by Crippen LogP contribution is -2.38. The molecule has 3 aromatic rings. The van der Waals surface area contributed by atoms with Crippen LogP contribution in [0.25, 0.3) is 0 Å². The van der Waals surface area contributed by atoms with Gasteiger partial charge in [-0.1, -0.05) is 25.1 Å². The molecule has 0 saturated heterocycles. The van der Waals surface area contributed by atoms with Gasteiger partial charge in [-0.3, -0.25) is 0 Å². The van der Waals surface area contributed by atoms with Crippen molar-refractivity contribution in [3.63, 3.8) is 0 Å². The Morgan fingerprint density at radius 3 is 2.65 bits per heavy atom. The van der Waals surface area contributed by atoms with Crippen LogP contribution < -0.4 is 15.8 Å². The van der Waals surface area contributed by atoms with E-state index in [1.54, 1.807) is 29.8 Å². The molecule has 2 aromatic heterocycles. The minimum absolute atomic E-state index is 0. The van der Waals surface area contributed by atoms with Crippen molar-refractivity contribution >= 4 is 51.3 Å². The van der Waals surface area contributed by atoms with E-state index in [2.05, 4.69) is 31.9 Å². The number of nitrogens with zero attached hydrogens (tertiary/aromatic N) is 4. The Labute approximate surface area is 203 Å². The van der Waals surface area contributed by atoms with Crippen molar-refractivity contribution in [1.29, 1.82) is 0 Å². The molecule has 168 valence electrons. The molecule has 0 aliphatic rings. The van der Waals surface area contributed by atoms with Crippen LogP contribution in [0.4, 0.5) is 0 Å². The summed E-state index contributed by atoms with van der Waals surface area (Å²) in [5, 5.41) is 21.9. The first-order valence-electron chi connectivity index (χ1n) is 9.48. The number of guanidine groups is 1. The van der Waals surface area contributed by atoms with Crippen molar-refractivity contribution in [1.82, 2.24) is 25.4 Å². The summed E-state index contributed by atoms with van der Waals surface area (Å²) in [4.78, 5) is 5.92. The highest BCUT2D eigenvalue weighted by Gasteiger charge is 2.07. The van der Waals surface area contributed by atoms with E-state index in [9.17, 15) is 8.42 Å². The predicted molar refractivity (Wildman–Crippen MR) is 133 cm³/mol. The Morgan fingerprint density at radius 1 is 1.23 bits per heavy atom. The van der Waals surface area contributed by atoms with Crippen molar-refractivity contribution in [2.45, 2.75) is 37.9 Å². The number of rotatable bonds is 9. The molecule has 0 unspecified atom stereocenters. The molecule has 0 atom stereocenters. The first-order valence-corrected chi connectivity index (χ1v) is 11.9. The van der Waals surface area contributed by atoms with Gasteiger partial charge in [0, 0.05) is 24.4 Å². The first-order chi connectivity index (χ1) is 14.5. The van der Waals surface area contributed by atoms with Crippen LogP contribution >= 0.6 is 35.3 Å². The number of nitrogens with two attached hydrogens (primary N) is 1. The molecule has 2 heterocycles. The summed E-state index contributed by atoms with van der Waals surface area (Å²) in [5.41, 5.74) is 0.881. The summed E-state index contributed by atoms with van der Waals surface area (Å²) >= 11 is 1.68. The van der Waals surface area contributed by atoms with Crippen molar-refractivity contribution in [2.24, 2.45) is 10.1 Å². The summed E-state index contributed by atoms with van der Waals surface area (Å²) in [6.45, 7) is 4.49. The van der Waals surface area contributed by atoms with Crippen molar-refractivity contribution < 1.29 is 8.42 Å². The zero-order valence-corrected chi connectivity index (χ0v) is 21.0. The number of thiophene rings is 1.